The zero-order valence-electron chi connectivity index (χ0n) is 11.1. The highest BCUT2D eigenvalue weighted by molar-refractivity contribution is 7.92. The number of imidazole rings is 1. The van der Waals surface area contributed by atoms with Crippen LogP contribution in [0.3, 0.4) is 0 Å². The summed E-state index contributed by atoms with van der Waals surface area (Å²) in [6, 6.07) is 11.3. The number of rotatable bonds is 3. The molecule has 7 heteroatoms. The number of aryl methyl sites for hydroxylation is 1. The number of halogens is 1. The van der Waals surface area contributed by atoms with E-state index in [1.54, 1.807) is 36.4 Å². The first-order valence-corrected chi connectivity index (χ1v) is 8.05. The van der Waals surface area contributed by atoms with E-state index in [1.165, 1.54) is 6.07 Å². The van der Waals surface area contributed by atoms with Gasteiger partial charge in [-0.3, -0.25) is 4.72 Å². The second kappa shape index (κ2) is 5.05. The van der Waals surface area contributed by atoms with Gasteiger partial charge in [-0.25, -0.2) is 13.4 Å². The molecule has 2 N–H and O–H groups in total. The summed E-state index contributed by atoms with van der Waals surface area (Å²) in [5, 5.41) is 0.467. The third-order valence-electron chi connectivity index (χ3n) is 2.96. The maximum atomic E-state index is 12.4. The predicted molar refractivity (Wildman–Crippen MR) is 83.1 cm³/mol. The van der Waals surface area contributed by atoms with Crippen LogP contribution in [-0.2, 0) is 10.0 Å². The van der Waals surface area contributed by atoms with E-state index in [1.807, 2.05) is 6.92 Å². The molecule has 2 aromatic carbocycles. The molecule has 0 aliphatic carbocycles. The Balaban J connectivity index is 1.99. The fraction of sp³-hybridized carbons (Fsp3) is 0.0714. The number of aromatic nitrogens is 2. The summed E-state index contributed by atoms with van der Waals surface area (Å²) in [6.07, 6.45) is 0. The normalized spacial score (nSPS) is 11.7. The van der Waals surface area contributed by atoms with Crippen molar-refractivity contribution in [3.63, 3.8) is 0 Å². The van der Waals surface area contributed by atoms with Crippen LogP contribution in [0.2, 0.25) is 5.02 Å². The van der Waals surface area contributed by atoms with Crippen LogP contribution in [0.1, 0.15) is 5.82 Å². The van der Waals surface area contributed by atoms with Gasteiger partial charge in [0.2, 0.25) is 0 Å². The molecule has 0 aliphatic rings. The fourth-order valence-electron chi connectivity index (χ4n) is 2.05. The number of aromatic amines is 1. The van der Waals surface area contributed by atoms with E-state index in [0.29, 0.717) is 16.2 Å². The Morgan fingerprint density at radius 1 is 1.19 bits per heavy atom. The van der Waals surface area contributed by atoms with Gasteiger partial charge >= 0.3 is 0 Å². The van der Waals surface area contributed by atoms with Crippen molar-refractivity contribution in [3.05, 3.63) is 53.3 Å². The molecule has 0 bridgehead atoms. The van der Waals surface area contributed by atoms with Crippen LogP contribution in [0.15, 0.2) is 47.4 Å². The molecule has 0 radical (unpaired) electrons. The van der Waals surface area contributed by atoms with Crippen molar-refractivity contribution in [2.75, 3.05) is 4.72 Å². The number of benzene rings is 2. The van der Waals surface area contributed by atoms with Gasteiger partial charge in [-0.2, -0.15) is 0 Å². The van der Waals surface area contributed by atoms with Crippen LogP contribution < -0.4 is 4.72 Å². The summed E-state index contributed by atoms with van der Waals surface area (Å²) in [4.78, 5) is 7.43. The zero-order valence-corrected chi connectivity index (χ0v) is 12.7. The number of hydrogen-bond donors (Lipinski definition) is 2. The molecule has 1 aromatic heterocycles. The fourth-order valence-corrected chi connectivity index (χ4v) is 3.32. The molecule has 0 amide bonds. The number of hydrogen-bond acceptors (Lipinski definition) is 3. The molecular weight excluding hydrogens is 310 g/mol. The van der Waals surface area contributed by atoms with E-state index in [0.717, 1.165) is 11.3 Å². The smallest absolute Gasteiger partial charge is 0.261 e. The van der Waals surface area contributed by atoms with Crippen LogP contribution in [0, 0.1) is 6.92 Å². The largest absolute Gasteiger partial charge is 0.342 e. The molecule has 3 rings (SSSR count). The highest BCUT2D eigenvalue weighted by Gasteiger charge is 2.15. The molecule has 0 saturated heterocycles. The Labute approximate surface area is 127 Å². The van der Waals surface area contributed by atoms with E-state index in [-0.39, 0.29) is 4.90 Å². The standard InChI is InChI=1S/C14H12ClN3O2S/c1-9-16-13-6-5-12(8-14(13)17-9)21(19,20)18-11-4-2-3-10(15)7-11/h2-8,18H,1H3,(H,16,17). The first-order chi connectivity index (χ1) is 9.94. The van der Waals surface area contributed by atoms with Gasteiger partial charge < -0.3 is 4.98 Å². The van der Waals surface area contributed by atoms with Gasteiger partial charge in [0.05, 0.1) is 21.6 Å². The third kappa shape index (κ3) is 2.86. The molecule has 0 aliphatic heterocycles. The van der Waals surface area contributed by atoms with Crippen LogP contribution in [0.5, 0.6) is 0 Å². The second-order valence-corrected chi connectivity index (χ2v) is 6.74. The molecule has 3 aromatic rings. The average molecular weight is 322 g/mol. The van der Waals surface area contributed by atoms with Crippen molar-refractivity contribution in [2.45, 2.75) is 11.8 Å². The minimum Gasteiger partial charge on any atom is -0.342 e. The monoisotopic (exact) mass is 321 g/mol. The Kier molecular flexibility index (Phi) is 3.35. The summed E-state index contributed by atoms with van der Waals surface area (Å²) in [5.41, 5.74) is 1.83. The molecule has 21 heavy (non-hydrogen) atoms. The lowest BCUT2D eigenvalue weighted by atomic mass is 10.3. The lowest BCUT2D eigenvalue weighted by Crippen LogP contribution is -2.12. The van der Waals surface area contributed by atoms with Crippen molar-refractivity contribution in [1.82, 2.24) is 9.97 Å². The van der Waals surface area contributed by atoms with E-state index in [4.69, 9.17) is 11.6 Å². The molecule has 108 valence electrons. The number of fused-ring (bicyclic) bond motifs is 1. The quantitative estimate of drug-likeness (QED) is 0.777. The average Bonchev–Trinajstić information content (AvgIpc) is 2.77. The van der Waals surface area contributed by atoms with Crippen molar-refractivity contribution < 1.29 is 8.42 Å². The van der Waals surface area contributed by atoms with Crippen LogP contribution in [-0.4, -0.2) is 18.4 Å². The van der Waals surface area contributed by atoms with E-state index >= 15 is 0 Å². The van der Waals surface area contributed by atoms with Gasteiger partial charge in [-0.05, 0) is 43.3 Å². The third-order valence-corrected chi connectivity index (χ3v) is 4.57. The van der Waals surface area contributed by atoms with Crippen LogP contribution in [0.4, 0.5) is 5.69 Å². The van der Waals surface area contributed by atoms with Crippen molar-refractivity contribution in [1.29, 1.82) is 0 Å². The maximum Gasteiger partial charge on any atom is 0.261 e. The lowest BCUT2D eigenvalue weighted by molar-refractivity contribution is 0.601. The molecule has 5 nitrogen and oxygen atoms in total. The van der Waals surface area contributed by atoms with E-state index in [2.05, 4.69) is 14.7 Å². The van der Waals surface area contributed by atoms with E-state index in [9.17, 15) is 8.42 Å². The number of anilines is 1. The van der Waals surface area contributed by atoms with Gasteiger partial charge in [0.25, 0.3) is 10.0 Å². The van der Waals surface area contributed by atoms with E-state index < -0.39 is 10.0 Å². The minimum absolute atomic E-state index is 0.165. The van der Waals surface area contributed by atoms with Crippen LogP contribution >= 0.6 is 11.6 Å². The Bertz CT molecular complexity index is 919. The zero-order chi connectivity index (χ0) is 15.0. The highest BCUT2D eigenvalue weighted by atomic mass is 35.5. The van der Waals surface area contributed by atoms with Gasteiger partial charge in [0, 0.05) is 5.02 Å². The summed E-state index contributed by atoms with van der Waals surface area (Å²) >= 11 is 5.85. The van der Waals surface area contributed by atoms with Crippen LogP contribution in [0.25, 0.3) is 11.0 Å². The van der Waals surface area contributed by atoms with Gasteiger partial charge in [0.1, 0.15) is 5.82 Å². The molecule has 0 saturated carbocycles. The number of sulfonamides is 1. The summed E-state index contributed by atoms with van der Waals surface area (Å²) in [5.74, 6) is 0.738. The Hall–Kier alpha value is -2.05. The number of nitrogens with zero attached hydrogens (tertiary/aromatic N) is 1. The first kappa shape index (κ1) is 13.9. The molecule has 0 fully saturated rings. The highest BCUT2D eigenvalue weighted by Crippen LogP contribution is 2.21. The predicted octanol–water partition coefficient (Wildman–Crippen LogP) is 3.33. The number of nitrogens with one attached hydrogen (secondary N) is 2. The summed E-state index contributed by atoms with van der Waals surface area (Å²) in [7, 11) is -3.67. The molecular formula is C14H12ClN3O2S. The van der Waals surface area contributed by atoms with Gasteiger partial charge in [-0.15, -0.1) is 0 Å². The first-order valence-electron chi connectivity index (χ1n) is 6.19. The molecule has 0 atom stereocenters. The molecule has 1 heterocycles. The summed E-state index contributed by atoms with van der Waals surface area (Å²) in [6.45, 7) is 1.82. The summed E-state index contributed by atoms with van der Waals surface area (Å²) < 4.78 is 27.3. The second-order valence-electron chi connectivity index (χ2n) is 4.62. The SMILES string of the molecule is Cc1nc2ccc(S(=O)(=O)Nc3cccc(Cl)c3)cc2[nH]1. The number of H-pyrrole nitrogens is 1. The van der Waals surface area contributed by atoms with Crippen molar-refractivity contribution in [3.8, 4) is 0 Å². The van der Waals surface area contributed by atoms with Gasteiger partial charge in [-0.1, -0.05) is 17.7 Å². The molecule has 0 unspecified atom stereocenters. The molecule has 0 spiro atoms. The minimum atomic E-state index is -3.67. The van der Waals surface area contributed by atoms with Gasteiger partial charge in [0.15, 0.2) is 0 Å². The Morgan fingerprint density at radius 3 is 2.76 bits per heavy atom. The lowest BCUT2D eigenvalue weighted by Gasteiger charge is -2.08. The van der Waals surface area contributed by atoms with Crippen molar-refractivity contribution in [2.24, 2.45) is 0 Å². The Morgan fingerprint density at radius 2 is 2.00 bits per heavy atom. The topological polar surface area (TPSA) is 74.8 Å². The maximum absolute atomic E-state index is 12.4. The van der Waals surface area contributed by atoms with Crippen molar-refractivity contribution >= 4 is 38.3 Å².